The monoisotopic (exact) mass is 446 g/mol. The minimum absolute atomic E-state index is 0.0452. The van der Waals surface area contributed by atoms with Crippen molar-refractivity contribution in [2.75, 3.05) is 44.2 Å². The first-order chi connectivity index (χ1) is 15.0. The smallest absolute Gasteiger partial charge is 0.311 e. The number of hydrogen-bond donors (Lipinski definition) is 1. The summed E-state index contributed by atoms with van der Waals surface area (Å²) >= 11 is 1.64. The number of likely N-dealkylation sites (N-methyl/N-ethyl adjacent to an activating group) is 1. The van der Waals surface area contributed by atoms with Crippen LogP contribution in [-0.4, -0.2) is 66.9 Å². The maximum atomic E-state index is 14.2. The molecule has 0 radical (unpaired) electrons. The molecule has 0 saturated carbocycles. The Bertz CT molecular complexity index is 864. The lowest BCUT2D eigenvalue weighted by Crippen LogP contribution is -2.54. The standard InChI is InChI=1S/C23H31FN4O2S/c1-4-26(5-2)23(30)22(29)25-17(3)21(20-11-8-16-31-20)28-14-12-27(13-15-28)19-10-7-6-9-18(19)24/h6-11,16-17,21H,4-5,12-15H2,1-3H3,(H,25,29)/t17-,21-/m1/s1. The van der Waals surface area contributed by atoms with E-state index in [1.807, 2.05) is 44.4 Å². The van der Waals surface area contributed by atoms with Crippen LogP contribution in [0.2, 0.25) is 0 Å². The van der Waals surface area contributed by atoms with Crippen molar-refractivity contribution >= 4 is 28.8 Å². The van der Waals surface area contributed by atoms with Crippen LogP contribution in [0.15, 0.2) is 41.8 Å². The Balaban J connectivity index is 1.70. The Kier molecular flexibility index (Phi) is 8.03. The van der Waals surface area contributed by atoms with Crippen molar-refractivity contribution in [3.8, 4) is 0 Å². The van der Waals surface area contributed by atoms with Crippen LogP contribution in [0.5, 0.6) is 0 Å². The molecule has 0 bridgehead atoms. The Hall–Kier alpha value is -2.45. The number of piperazine rings is 1. The molecule has 1 N–H and O–H groups in total. The van der Waals surface area contributed by atoms with Gasteiger partial charge in [-0.3, -0.25) is 14.5 Å². The summed E-state index contributed by atoms with van der Waals surface area (Å²) in [4.78, 5) is 32.0. The highest BCUT2D eigenvalue weighted by molar-refractivity contribution is 7.10. The van der Waals surface area contributed by atoms with Crippen molar-refractivity contribution in [2.24, 2.45) is 0 Å². The number of amides is 2. The Labute approximate surface area is 187 Å². The topological polar surface area (TPSA) is 55.9 Å². The molecule has 6 nitrogen and oxygen atoms in total. The van der Waals surface area contributed by atoms with E-state index >= 15 is 0 Å². The number of anilines is 1. The number of halogens is 1. The zero-order valence-corrected chi connectivity index (χ0v) is 19.2. The SMILES string of the molecule is CCN(CC)C(=O)C(=O)N[C@H](C)[C@H](c1cccs1)N1CCN(c2ccccc2F)CC1. The fraction of sp³-hybridized carbons (Fsp3) is 0.478. The molecule has 2 amide bonds. The van der Waals surface area contributed by atoms with Gasteiger partial charge in [-0.2, -0.15) is 0 Å². The van der Waals surface area contributed by atoms with Gasteiger partial charge in [0.25, 0.3) is 0 Å². The molecule has 3 rings (SSSR count). The van der Waals surface area contributed by atoms with Crippen molar-refractivity contribution in [3.63, 3.8) is 0 Å². The van der Waals surface area contributed by atoms with E-state index in [-0.39, 0.29) is 17.9 Å². The fourth-order valence-electron chi connectivity index (χ4n) is 4.15. The molecule has 1 aromatic heterocycles. The molecule has 31 heavy (non-hydrogen) atoms. The van der Waals surface area contributed by atoms with E-state index in [9.17, 15) is 14.0 Å². The zero-order chi connectivity index (χ0) is 22.4. The average molecular weight is 447 g/mol. The van der Waals surface area contributed by atoms with Gasteiger partial charge in [0.15, 0.2) is 0 Å². The van der Waals surface area contributed by atoms with Gasteiger partial charge in [-0.25, -0.2) is 4.39 Å². The number of thiophene rings is 1. The van der Waals surface area contributed by atoms with Crippen LogP contribution >= 0.6 is 11.3 Å². The molecule has 0 aliphatic carbocycles. The largest absolute Gasteiger partial charge is 0.367 e. The van der Waals surface area contributed by atoms with Gasteiger partial charge in [0.2, 0.25) is 0 Å². The lowest BCUT2D eigenvalue weighted by atomic mass is 10.0. The van der Waals surface area contributed by atoms with Gasteiger partial charge in [0.05, 0.1) is 11.7 Å². The van der Waals surface area contributed by atoms with Gasteiger partial charge in [-0.1, -0.05) is 18.2 Å². The summed E-state index contributed by atoms with van der Waals surface area (Å²) in [6.45, 7) is 9.54. The van der Waals surface area contributed by atoms with Crippen molar-refractivity contribution in [1.29, 1.82) is 0 Å². The van der Waals surface area contributed by atoms with Crippen LogP contribution in [0.1, 0.15) is 31.7 Å². The molecule has 1 aliphatic rings. The van der Waals surface area contributed by atoms with Gasteiger partial charge in [0.1, 0.15) is 5.82 Å². The maximum absolute atomic E-state index is 14.2. The Morgan fingerprint density at radius 3 is 2.35 bits per heavy atom. The first-order valence-corrected chi connectivity index (χ1v) is 11.7. The minimum Gasteiger partial charge on any atom is -0.367 e. The molecule has 1 aromatic carbocycles. The third-order valence-corrected chi connectivity index (χ3v) is 6.76. The number of para-hydroxylation sites is 1. The van der Waals surface area contributed by atoms with Crippen LogP contribution in [0.25, 0.3) is 0 Å². The number of nitrogens with one attached hydrogen (secondary N) is 1. The number of benzene rings is 1. The third kappa shape index (κ3) is 5.43. The molecule has 0 unspecified atom stereocenters. The van der Waals surface area contributed by atoms with Crippen molar-refractivity contribution < 1.29 is 14.0 Å². The third-order valence-electron chi connectivity index (χ3n) is 5.81. The molecule has 2 heterocycles. The van der Waals surface area contributed by atoms with E-state index < -0.39 is 11.8 Å². The summed E-state index contributed by atoms with van der Waals surface area (Å²) in [6, 6.07) is 10.6. The van der Waals surface area contributed by atoms with Gasteiger partial charge in [-0.15, -0.1) is 11.3 Å². The van der Waals surface area contributed by atoms with Crippen LogP contribution in [-0.2, 0) is 9.59 Å². The normalized spacial score (nSPS) is 16.6. The van der Waals surface area contributed by atoms with Gasteiger partial charge >= 0.3 is 11.8 Å². The number of carbonyl (C=O) groups is 2. The molecule has 8 heteroatoms. The number of carbonyl (C=O) groups excluding carboxylic acids is 2. The number of rotatable bonds is 7. The van der Waals surface area contributed by atoms with E-state index in [0.717, 1.165) is 18.0 Å². The molecular weight excluding hydrogens is 415 g/mol. The van der Waals surface area contributed by atoms with E-state index in [2.05, 4.69) is 21.2 Å². The molecule has 1 fully saturated rings. The van der Waals surface area contributed by atoms with E-state index in [1.54, 1.807) is 17.4 Å². The number of hydrogen-bond acceptors (Lipinski definition) is 5. The second-order valence-corrected chi connectivity index (χ2v) is 8.65. The predicted octanol–water partition coefficient (Wildman–Crippen LogP) is 3.12. The summed E-state index contributed by atoms with van der Waals surface area (Å²) in [5.74, 6) is -1.27. The summed E-state index contributed by atoms with van der Waals surface area (Å²) < 4.78 is 14.2. The molecule has 0 spiro atoms. The fourth-order valence-corrected chi connectivity index (χ4v) is 5.12. The summed E-state index contributed by atoms with van der Waals surface area (Å²) in [5.41, 5.74) is 0.626. The molecule has 168 valence electrons. The lowest BCUT2D eigenvalue weighted by molar-refractivity contribution is -0.146. The van der Waals surface area contributed by atoms with Gasteiger partial charge in [0, 0.05) is 50.2 Å². The summed E-state index contributed by atoms with van der Waals surface area (Å²) in [7, 11) is 0. The zero-order valence-electron chi connectivity index (χ0n) is 18.4. The highest BCUT2D eigenvalue weighted by atomic mass is 32.1. The van der Waals surface area contributed by atoms with Crippen LogP contribution < -0.4 is 10.2 Å². The molecular formula is C23H31FN4O2S. The van der Waals surface area contributed by atoms with E-state index in [0.29, 0.717) is 31.9 Å². The van der Waals surface area contributed by atoms with Crippen molar-refractivity contribution in [3.05, 3.63) is 52.5 Å². The van der Waals surface area contributed by atoms with Crippen LogP contribution in [0.4, 0.5) is 10.1 Å². The second kappa shape index (κ2) is 10.7. The average Bonchev–Trinajstić information content (AvgIpc) is 3.30. The molecule has 2 aromatic rings. The Morgan fingerprint density at radius 2 is 1.77 bits per heavy atom. The van der Waals surface area contributed by atoms with Crippen molar-refractivity contribution in [2.45, 2.75) is 32.9 Å². The van der Waals surface area contributed by atoms with E-state index in [1.165, 1.54) is 11.0 Å². The highest BCUT2D eigenvalue weighted by Gasteiger charge is 2.32. The first kappa shape index (κ1) is 23.2. The maximum Gasteiger partial charge on any atom is 0.311 e. The van der Waals surface area contributed by atoms with Crippen LogP contribution in [0.3, 0.4) is 0 Å². The molecule has 2 atom stereocenters. The lowest BCUT2D eigenvalue weighted by Gasteiger charge is -2.42. The first-order valence-electron chi connectivity index (χ1n) is 10.8. The Morgan fingerprint density at radius 1 is 1.10 bits per heavy atom. The van der Waals surface area contributed by atoms with Crippen LogP contribution in [0, 0.1) is 5.82 Å². The summed E-state index contributed by atoms with van der Waals surface area (Å²) in [5, 5.41) is 4.95. The molecule has 1 saturated heterocycles. The molecule has 1 aliphatic heterocycles. The second-order valence-electron chi connectivity index (χ2n) is 7.67. The summed E-state index contributed by atoms with van der Waals surface area (Å²) in [6.07, 6.45) is 0. The van der Waals surface area contributed by atoms with Gasteiger partial charge in [-0.05, 0) is 44.4 Å². The quantitative estimate of drug-likeness (QED) is 0.664. The predicted molar refractivity (Wildman–Crippen MR) is 123 cm³/mol. The van der Waals surface area contributed by atoms with Gasteiger partial charge < -0.3 is 15.1 Å². The highest BCUT2D eigenvalue weighted by Crippen LogP contribution is 2.30. The number of nitrogens with zero attached hydrogens (tertiary/aromatic N) is 3. The van der Waals surface area contributed by atoms with Crippen molar-refractivity contribution in [1.82, 2.24) is 15.1 Å². The van der Waals surface area contributed by atoms with E-state index in [4.69, 9.17) is 0 Å². The minimum atomic E-state index is -0.567.